The highest BCUT2D eigenvalue weighted by Gasteiger charge is 2.10. The molecule has 0 atom stereocenters. The second-order valence-corrected chi connectivity index (χ2v) is 4.81. The normalized spacial score (nSPS) is 17.7. The first-order chi connectivity index (χ1) is 7.38. The van der Waals surface area contributed by atoms with Crippen molar-refractivity contribution >= 4 is 17.6 Å². The van der Waals surface area contributed by atoms with E-state index in [9.17, 15) is 0 Å². The number of rotatable bonds is 3. The first kappa shape index (κ1) is 10.7. The number of nitrogens with two attached hydrogens (primary N) is 1. The Balaban J connectivity index is 1.91. The van der Waals surface area contributed by atoms with Crippen molar-refractivity contribution < 1.29 is 0 Å². The Hall–Kier alpha value is -0.780. The number of hydrazine groups is 1. The lowest BCUT2D eigenvalue weighted by atomic mass is 10.2. The summed E-state index contributed by atoms with van der Waals surface area (Å²) >= 11 is 2.03. The summed E-state index contributed by atoms with van der Waals surface area (Å²) in [5, 5.41) is 0. The maximum Gasteiger partial charge on any atom is 0.139 e. The number of nitrogens with zero attached hydrogens (tertiary/aromatic N) is 2. The van der Waals surface area contributed by atoms with Gasteiger partial charge in [0.2, 0.25) is 0 Å². The second kappa shape index (κ2) is 5.34. The molecule has 0 spiro atoms. The maximum absolute atomic E-state index is 5.26. The predicted molar refractivity (Wildman–Crippen MR) is 64.6 cm³/mol. The van der Waals surface area contributed by atoms with Crippen LogP contribution in [-0.2, 0) is 6.54 Å². The van der Waals surface area contributed by atoms with Gasteiger partial charge < -0.3 is 5.43 Å². The molecule has 1 saturated heterocycles. The van der Waals surface area contributed by atoms with Gasteiger partial charge in [0.25, 0.3) is 0 Å². The minimum atomic E-state index is 0.716. The van der Waals surface area contributed by atoms with Crippen molar-refractivity contribution in [2.45, 2.75) is 6.54 Å². The highest BCUT2D eigenvalue weighted by atomic mass is 32.2. The van der Waals surface area contributed by atoms with Gasteiger partial charge in [0.15, 0.2) is 0 Å². The van der Waals surface area contributed by atoms with Crippen molar-refractivity contribution in [3.8, 4) is 0 Å². The van der Waals surface area contributed by atoms with Gasteiger partial charge in [-0.15, -0.1) is 0 Å². The van der Waals surface area contributed by atoms with Gasteiger partial charge >= 0.3 is 0 Å². The lowest BCUT2D eigenvalue weighted by Gasteiger charge is -2.25. The molecule has 0 aliphatic carbocycles. The van der Waals surface area contributed by atoms with Crippen LogP contribution in [0.15, 0.2) is 18.3 Å². The highest BCUT2D eigenvalue weighted by Crippen LogP contribution is 2.13. The molecule has 1 aromatic heterocycles. The molecule has 1 aliphatic heterocycles. The topological polar surface area (TPSA) is 54.2 Å². The standard InChI is InChI=1S/C10H16N4S/c11-13-10-2-1-9(7-12-10)8-14-3-5-15-6-4-14/h1-2,7H,3-6,8,11H2,(H,12,13). The quantitative estimate of drug-likeness (QED) is 0.590. The van der Waals surface area contributed by atoms with E-state index in [4.69, 9.17) is 5.84 Å². The molecule has 0 unspecified atom stereocenters. The van der Waals surface area contributed by atoms with Crippen LogP contribution in [-0.4, -0.2) is 34.5 Å². The predicted octanol–water partition coefficient (Wildman–Crippen LogP) is 0.916. The molecular weight excluding hydrogens is 208 g/mol. The minimum absolute atomic E-state index is 0.716. The molecule has 4 nitrogen and oxygen atoms in total. The van der Waals surface area contributed by atoms with Crippen molar-refractivity contribution in [1.82, 2.24) is 9.88 Å². The molecule has 0 bridgehead atoms. The second-order valence-electron chi connectivity index (χ2n) is 3.58. The lowest BCUT2D eigenvalue weighted by Crippen LogP contribution is -2.31. The third-order valence-corrected chi connectivity index (χ3v) is 3.43. The number of hydrogen-bond acceptors (Lipinski definition) is 5. The fourth-order valence-corrected chi connectivity index (χ4v) is 2.60. The van der Waals surface area contributed by atoms with Crippen LogP contribution in [0.4, 0.5) is 5.82 Å². The third-order valence-electron chi connectivity index (χ3n) is 2.48. The van der Waals surface area contributed by atoms with E-state index in [-0.39, 0.29) is 0 Å². The molecule has 1 aromatic rings. The molecule has 15 heavy (non-hydrogen) atoms. The molecule has 82 valence electrons. The van der Waals surface area contributed by atoms with Crippen molar-refractivity contribution in [1.29, 1.82) is 0 Å². The Bertz CT molecular complexity index is 295. The zero-order chi connectivity index (χ0) is 10.5. The lowest BCUT2D eigenvalue weighted by molar-refractivity contribution is 0.294. The van der Waals surface area contributed by atoms with Crippen LogP contribution < -0.4 is 11.3 Å². The number of hydrogen-bond donors (Lipinski definition) is 2. The van der Waals surface area contributed by atoms with Gasteiger partial charge in [-0.1, -0.05) is 6.07 Å². The molecule has 1 aliphatic rings. The zero-order valence-electron chi connectivity index (χ0n) is 8.65. The third kappa shape index (κ3) is 3.09. The van der Waals surface area contributed by atoms with Gasteiger partial charge in [-0.3, -0.25) is 4.90 Å². The van der Waals surface area contributed by atoms with Crippen molar-refractivity contribution in [2.24, 2.45) is 5.84 Å². The molecule has 2 heterocycles. The molecule has 0 radical (unpaired) electrons. The van der Waals surface area contributed by atoms with Gasteiger partial charge in [-0.2, -0.15) is 11.8 Å². The Morgan fingerprint density at radius 3 is 2.80 bits per heavy atom. The smallest absolute Gasteiger partial charge is 0.139 e. The van der Waals surface area contributed by atoms with Crippen LogP contribution >= 0.6 is 11.8 Å². The van der Waals surface area contributed by atoms with Gasteiger partial charge in [0.05, 0.1) is 0 Å². The highest BCUT2D eigenvalue weighted by molar-refractivity contribution is 7.99. The zero-order valence-corrected chi connectivity index (χ0v) is 9.46. The Labute approximate surface area is 94.2 Å². The molecular formula is C10H16N4S. The molecule has 3 N–H and O–H groups in total. The molecule has 5 heteroatoms. The summed E-state index contributed by atoms with van der Waals surface area (Å²) in [4.78, 5) is 6.66. The first-order valence-corrected chi connectivity index (χ1v) is 6.25. The number of anilines is 1. The number of nitrogens with one attached hydrogen (secondary N) is 1. The molecule has 0 saturated carbocycles. The molecule has 2 rings (SSSR count). The van der Waals surface area contributed by atoms with Crippen molar-refractivity contribution in [3.63, 3.8) is 0 Å². The molecule has 1 fully saturated rings. The maximum atomic E-state index is 5.26. The van der Waals surface area contributed by atoms with E-state index < -0.39 is 0 Å². The minimum Gasteiger partial charge on any atom is -0.308 e. The van der Waals surface area contributed by atoms with Crippen molar-refractivity contribution in [2.75, 3.05) is 30.0 Å². The summed E-state index contributed by atoms with van der Waals surface area (Å²) in [5.74, 6) is 8.47. The van der Waals surface area contributed by atoms with Gasteiger partial charge in [0.1, 0.15) is 5.82 Å². The van der Waals surface area contributed by atoms with Crippen LogP contribution in [0.25, 0.3) is 0 Å². The van der Waals surface area contributed by atoms with Gasteiger partial charge in [-0.05, 0) is 11.6 Å². The summed E-state index contributed by atoms with van der Waals surface area (Å²) in [7, 11) is 0. The summed E-state index contributed by atoms with van der Waals surface area (Å²) in [5.41, 5.74) is 3.78. The van der Waals surface area contributed by atoms with E-state index in [0.717, 1.165) is 6.54 Å². The van der Waals surface area contributed by atoms with E-state index >= 15 is 0 Å². The summed E-state index contributed by atoms with van der Waals surface area (Å²) in [6.07, 6.45) is 1.89. The Morgan fingerprint density at radius 2 is 2.20 bits per heavy atom. The fraction of sp³-hybridized carbons (Fsp3) is 0.500. The van der Waals surface area contributed by atoms with E-state index in [1.807, 2.05) is 24.0 Å². The Kier molecular flexibility index (Phi) is 3.82. The number of pyridine rings is 1. The van der Waals surface area contributed by atoms with Crippen LogP contribution in [0, 0.1) is 0 Å². The van der Waals surface area contributed by atoms with E-state index in [2.05, 4.69) is 21.4 Å². The largest absolute Gasteiger partial charge is 0.308 e. The Morgan fingerprint density at radius 1 is 1.40 bits per heavy atom. The van der Waals surface area contributed by atoms with Gasteiger partial charge in [0, 0.05) is 37.3 Å². The monoisotopic (exact) mass is 224 g/mol. The average molecular weight is 224 g/mol. The summed E-state index contributed by atoms with van der Waals surface area (Å²) < 4.78 is 0. The number of aromatic nitrogens is 1. The fourth-order valence-electron chi connectivity index (χ4n) is 1.62. The summed E-state index contributed by atoms with van der Waals surface area (Å²) in [6, 6.07) is 3.98. The van der Waals surface area contributed by atoms with E-state index in [0.29, 0.717) is 5.82 Å². The molecule has 0 aromatic carbocycles. The molecule has 0 amide bonds. The van der Waals surface area contributed by atoms with E-state index in [1.54, 1.807) is 0 Å². The van der Waals surface area contributed by atoms with Crippen LogP contribution in [0.5, 0.6) is 0 Å². The van der Waals surface area contributed by atoms with Crippen LogP contribution in [0.3, 0.4) is 0 Å². The van der Waals surface area contributed by atoms with Crippen LogP contribution in [0.2, 0.25) is 0 Å². The first-order valence-electron chi connectivity index (χ1n) is 5.10. The number of nitrogen functional groups attached to an aromatic ring is 1. The van der Waals surface area contributed by atoms with E-state index in [1.165, 1.54) is 30.2 Å². The number of thioether (sulfide) groups is 1. The SMILES string of the molecule is NNc1ccc(CN2CCSCC2)cn1. The summed E-state index contributed by atoms with van der Waals surface area (Å²) in [6.45, 7) is 3.36. The van der Waals surface area contributed by atoms with Gasteiger partial charge in [-0.25, -0.2) is 10.8 Å². The van der Waals surface area contributed by atoms with Crippen LogP contribution in [0.1, 0.15) is 5.56 Å². The average Bonchev–Trinajstić information content (AvgIpc) is 2.31. The van der Waals surface area contributed by atoms with Crippen molar-refractivity contribution in [3.05, 3.63) is 23.9 Å².